The average molecular weight is 317 g/mol. The highest BCUT2D eigenvalue weighted by molar-refractivity contribution is 5.50. The van der Waals surface area contributed by atoms with Gasteiger partial charge in [-0.15, -0.1) is 6.42 Å². The lowest BCUT2D eigenvalue weighted by molar-refractivity contribution is 0.0978. The highest BCUT2D eigenvalue weighted by Crippen LogP contribution is 2.43. The zero-order valence-electron chi connectivity index (χ0n) is 14.4. The van der Waals surface area contributed by atoms with Crippen molar-refractivity contribution < 1.29 is 5.11 Å². The van der Waals surface area contributed by atoms with E-state index in [-0.39, 0.29) is 5.41 Å². The first-order chi connectivity index (χ1) is 11.5. The maximum absolute atomic E-state index is 10.7. The van der Waals surface area contributed by atoms with Crippen molar-refractivity contribution in [1.29, 1.82) is 0 Å². The summed E-state index contributed by atoms with van der Waals surface area (Å²) in [6.07, 6.45) is 11.2. The number of aliphatic hydroxyl groups is 1. The molecule has 0 aromatic carbocycles. The van der Waals surface area contributed by atoms with E-state index in [4.69, 9.17) is 11.4 Å². The van der Waals surface area contributed by atoms with Gasteiger partial charge >= 0.3 is 0 Å². The predicted molar refractivity (Wildman–Crippen MR) is 96.0 cm³/mol. The number of pyridine rings is 1. The minimum Gasteiger partial charge on any atom is -0.388 e. The van der Waals surface area contributed by atoms with Gasteiger partial charge in [0.25, 0.3) is 0 Å². The molecule has 0 unspecified atom stereocenters. The van der Waals surface area contributed by atoms with E-state index in [1.54, 1.807) is 0 Å². The predicted octanol–water partition coefficient (Wildman–Crippen LogP) is 3.73. The van der Waals surface area contributed by atoms with Gasteiger partial charge in [0.05, 0.1) is 6.10 Å². The third-order valence-electron chi connectivity index (χ3n) is 5.05. The lowest BCUT2D eigenvalue weighted by Crippen LogP contribution is -2.28. The van der Waals surface area contributed by atoms with Crippen molar-refractivity contribution in [2.24, 2.45) is 5.41 Å². The molecule has 1 aromatic heterocycles. The highest BCUT2D eigenvalue weighted by Gasteiger charge is 2.34. The number of aliphatic hydroxyl groups excluding tert-OH is 1. The van der Waals surface area contributed by atoms with Gasteiger partial charge in [0, 0.05) is 28.4 Å². The van der Waals surface area contributed by atoms with Crippen LogP contribution in [0.1, 0.15) is 80.5 Å². The van der Waals surface area contributed by atoms with Gasteiger partial charge in [-0.3, -0.25) is 4.98 Å². The zero-order chi connectivity index (χ0) is 17.2. The second kappa shape index (κ2) is 6.73. The lowest BCUT2D eigenvalue weighted by Gasteiger charge is -2.35. The Bertz CT molecular complexity index is 799. The second-order valence-electron chi connectivity index (χ2n) is 7.64. The Morgan fingerprint density at radius 3 is 2.67 bits per heavy atom. The molecule has 1 fully saturated rings. The van der Waals surface area contributed by atoms with Gasteiger partial charge in [-0.25, -0.2) is 0 Å². The Kier molecular flexibility index (Phi) is 4.66. The summed E-state index contributed by atoms with van der Waals surface area (Å²) in [5.74, 6) is 13.9. The van der Waals surface area contributed by atoms with Crippen LogP contribution < -0.4 is 0 Å². The standard InChI is InChI=1S/C22H23NO/c1-4-5-6-7-12-17-13-18(16-10-8-9-11-16)23-19-14-22(2,3)15-20(24)21(17)19/h1,13,16,20,24H,8-11,14-15H2,2-3H3/t20-/m0/s1. The maximum Gasteiger partial charge on any atom is 0.0825 e. The Labute approximate surface area is 145 Å². The van der Waals surface area contributed by atoms with Gasteiger partial charge in [0.2, 0.25) is 0 Å². The molecule has 2 aliphatic carbocycles. The van der Waals surface area contributed by atoms with E-state index in [9.17, 15) is 5.11 Å². The SMILES string of the molecule is C#CC#CC#Cc1cc(C2CCCC2)nc2c1[C@@H](O)CC(C)(C)C2. The van der Waals surface area contributed by atoms with Gasteiger partial charge in [0.15, 0.2) is 0 Å². The van der Waals surface area contributed by atoms with E-state index in [1.165, 1.54) is 25.7 Å². The Morgan fingerprint density at radius 1 is 1.21 bits per heavy atom. The van der Waals surface area contributed by atoms with E-state index >= 15 is 0 Å². The van der Waals surface area contributed by atoms with Crippen LogP contribution in [0.5, 0.6) is 0 Å². The van der Waals surface area contributed by atoms with Gasteiger partial charge in [-0.1, -0.05) is 32.6 Å². The number of hydrogen-bond acceptors (Lipinski definition) is 2. The van der Waals surface area contributed by atoms with Crippen LogP contribution in [0.4, 0.5) is 0 Å². The van der Waals surface area contributed by atoms with Crippen LogP contribution in [0.25, 0.3) is 0 Å². The first kappa shape index (κ1) is 16.6. The Hall–Kier alpha value is -2.21. The van der Waals surface area contributed by atoms with Gasteiger partial charge < -0.3 is 5.11 Å². The van der Waals surface area contributed by atoms with Crippen molar-refractivity contribution in [3.8, 4) is 36.0 Å². The first-order valence-corrected chi connectivity index (χ1v) is 8.68. The lowest BCUT2D eigenvalue weighted by atomic mass is 9.73. The van der Waals surface area contributed by atoms with E-state index in [0.29, 0.717) is 5.92 Å². The molecule has 24 heavy (non-hydrogen) atoms. The van der Waals surface area contributed by atoms with Crippen molar-refractivity contribution in [2.45, 2.75) is 64.4 Å². The van der Waals surface area contributed by atoms with E-state index < -0.39 is 6.10 Å². The molecular weight excluding hydrogens is 294 g/mol. The summed E-state index contributed by atoms with van der Waals surface area (Å²) in [5.41, 5.74) is 3.96. The van der Waals surface area contributed by atoms with Crippen molar-refractivity contribution >= 4 is 0 Å². The van der Waals surface area contributed by atoms with Gasteiger partial charge in [0.1, 0.15) is 0 Å². The summed E-state index contributed by atoms with van der Waals surface area (Å²) >= 11 is 0. The third kappa shape index (κ3) is 3.48. The second-order valence-corrected chi connectivity index (χ2v) is 7.64. The fraction of sp³-hybridized carbons (Fsp3) is 0.500. The average Bonchev–Trinajstić information content (AvgIpc) is 3.03. The molecule has 1 N–H and O–H groups in total. The number of hydrogen-bond donors (Lipinski definition) is 1. The minimum absolute atomic E-state index is 0.0572. The number of aromatic nitrogens is 1. The molecule has 122 valence electrons. The quantitative estimate of drug-likeness (QED) is 0.801. The first-order valence-electron chi connectivity index (χ1n) is 8.68. The molecule has 2 aliphatic rings. The molecule has 1 atom stereocenters. The fourth-order valence-electron chi connectivity index (χ4n) is 3.99. The van der Waals surface area contributed by atoms with Crippen LogP contribution >= 0.6 is 0 Å². The fourth-order valence-corrected chi connectivity index (χ4v) is 3.99. The summed E-state index contributed by atoms with van der Waals surface area (Å²) < 4.78 is 0. The summed E-state index contributed by atoms with van der Waals surface area (Å²) in [6, 6.07) is 2.07. The van der Waals surface area contributed by atoms with E-state index in [0.717, 1.165) is 35.4 Å². The van der Waals surface area contributed by atoms with Crippen LogP contribution in [-0.4, -0.2) is 10.1 Å². The third-order valence-corrected chi connectivity index (χ3v) is 5.05. The van der Waals surface area contributed by atoms with Crippen LogP contribution in [0, 0.1) is 41.4 Å². The van der Waals surface area contributed by atoms with Crippen LogP contribution in [0.15, 0.2) is 6.07 Å². The number of rotatable bonds is 1. The normalized spacial score (nSPS) is 21.7. The number of nitrogens with zero attached hydrogens (tertiary/aromatic N) is 1. The van der Waals surface area contributed by atoms with Crippen LogP contribution in [0.3, 0.4) is 0 Å². The number of terminal acetylenes is 1. The molecule has 0 bridgehead atoms. The van der Waals surface area contributed by atoms with E-state index in [1.807, 2.05) is 0 Å². The van der Waals surface area contributed by atoms with Crippen molar-refractivity contribution in [3.05, 3.63) is 28.6 Å². The topological polar surface area (TPSA) is 33.1 Å². The molecule has 1 aromatic rings. The number of fused-ring (bicyclic) bond motifs is 1. The molecule has 1 heterocycles. The molecule has 0 saturated heterocycles. The minimum atomic E-state index is -0.515. The van der Waals surface area contributed by atoms with Crippen molar-refractivity contribution in [3.63, 3.8) is 0 Å². The highest BCUT2D eigenvalue weighted by atomic mass is 16.3. The largest absolute Gasteiger partial charge is 0.388 e. The van der Waals surface area contributed by atoms with Gasteiger partial charge in [-0.2, -0.15) is 0 Å². The molecule has 2 nitrogen and oxygen atoms in total. The molecule has 0 aliphatic heterocycles. The summed E-state index contributed by atoms with van der Waals surface area (Å²) in [5, 5.41) is 10.7. The molecule has 0 spiro atoms. The Morgan fingerprint density at radius 2 is 1.96 bits per heavy atom. The molecule has 1 saturated carbocycles. The van der Waals surface area contributed by atoms with E-state index in [2.05, 4.69) is 49.5 Å². The molecule has 3 rings (SSSR count). The Balaban J connectivity index is 2.09. The van der Waals surface area contributed by atoms with Crippen LogP contribution in [-0.2, 0) is 6.42 Å². The molecule has 0 amide bonds. The van der Waals surface area contributed by atoms with Crippen molar-refractivity contribution in [2.75, 3.05) is 0 Å². The molecule has 2 heteroatoms. The molecular formula is C22H23NO. The summed E-state index contributed by atoms with van der Waals surface area (Å²) in [7, 11) is 0. The van der Waals surface area contributed by atoms with Crippen molar-refractivity contribution in [1.82, 2.24) is 4.98 Å². The summed E-state index contributed by atoms with van der Waals surface area (Å²) in [6.45, 7) is 4.37. The maximum atomic E-state index is 10.7. The smallest absolute Gasteiger partial charge is 0.0825 e. The van der Waals surface area contributed by atoms with Gasteiger partial charge in [-0.05, 0) is 60.8 Å². The summed E-state index contributed by atoms with van der Waals surface area (Å²) in [4.78, 5) is 4.95. The monoisotopic (exact) mass is 317 g/mol. The van der Waals surface area contributed by atoms with Crippen LogP contribution in [0.2, 0.25) is 0 Å². The zero-order valence-corrected chi connectivity index (χ0v) is 14.4. The molecule has 0 radical (unpaired) electrons.